The highest BCUT2D eigenvalue weighted by molar-refractivity contribution is 5.95. The molecule has 0 aliphatic carbocycles. The summed E-state index contributed by atoms with van der Waals surface area (Å²) in [7, 11) is 1.58. The Bertz CT molecular complexity index is 656. The van der Waals surface area contributed by atoms with E-state index >= 15 is 0 Å². The minimum Gasteiger partial charge on any atom is -0.467 e. The van der Waals surface area contributed by atoms with Gasteiger partial charge in [-0.3, -0.25) is 9.59 Å². The Morgan fingerprint density at radius 2 is 2.04 bits per heavy atom. The Hall–Kier alpha value is -2.80. The predicted molar refractivity (Wildman–Crippen MR) is 89.7 cm³/mol. The number of carbonyl (C=O) groups excluding carboxylic acids is 2. The number of methoxy groups -OCH3 is 1. The van der Waals surface area contributed by atoms with Crippen LogP contribution in [0.5, 0.6) is 0 Å². The normalized spacial score (nSPS) is 10.2. The molecule has 0 atom stereocenters. The van der Waals surface area contributed by atoms with E-state index in [9.17, 15) is 9.59 Å². The summed E-state index contributed by atoms with van der Waals surface area (Å²) in [6.07, 6.45) is 1.56. The van der Waals surface area contributed by atoms with E-state index in [1.165, 1.54) is 0 Å². The van der Waals surface area contributed by atoms with E-state index in [2.05, 4.69) is 16.0 Å². The molecule has 0 aliphatic rings. The molecule has 0 saturated heterocycles. The first-order valence-corrected chi connectivity index (χ1v) is 7.59. The first-order valence-electron chi connectivity index (χ1n) is 7.59. The maximum Gasteiger partial charge on any atom is 0.251 e. The van der Waals surface area contributed by atoms with Crippen molar-refractivity contribution in [1.29, 1.82) is 0 Å². The molecule has 0 fully saturated rings. The molecular weight excluding hydrogens is 310 g/mol. The first-order chi connectivity index (χ1) is 11.7. The molecule has 0 saturated carbocycles. The van der Waals surface area contributed by atoms with E-state index in [1.54, 1.807) is 49.8 Å². The summed E-state index contributed by atoms with van der Waals surface area (Å²) in [6.45, 7) is 1.35. The number of carbonyl (C=O) groups is 2. The number of anilines is 1. The Balaban J connectivity index is 1.78. The van der Waals surface area contributed by atoms with Gasteiger partial charge in [-0.05, 0) is 30.3 Å². The van der Waals surface area contributed by atoms with Crippen LogP contribution in [-0.4, -0.2) is 38.6 Å². The van der Waals surface area contributed by atoms with Crippen LogP contribution in [0.15, 0.2) is 47.1 Å². The topological polar surface area (TPSA) is 92.6 Å². The average molecular weight is 331 g/mol. The molecule has 7 nitrogen and oxygen atoms in total. The van der Waals surface area contributed by atoms with Crippen molar-refractivity contribution in [3.63, 3.8) is 0 Å². The molecular formula is C17H21N3O4. The van der Waals surface area contributed by atoms with Crippen LogP contribution in [0, 0.1) is 0 Å². The summed E-state index contributed by atoms with van der Waals surface area (Å²) in [5.74, 6) is 0.345. The van der Waals surface area contributed by atoms with Crippen molar-refractivity contribution in [2.75, 3.05) is 32.1 Å². The van der Waals surface area contributed by atoms with E-state index in [4.69, 9.17) is 9.15 Å². The lowest BCUT2D eigenvalue weighted by atomic mass is 10.2. The molecule has 0 spiro atoms. The van der Waals surface area contributed by atoms with E-state index in [1.807, 2.05) is 0 Å². The number of hydrogen-bond acceptors (Lipinski definition) is 5. The van der Waals surface area contributed by atoms with E-state index in [0.717, 1.165) is 0 Å². The van der Waals surface area contributed by atoms with Gasteiger partial charge in [-0.15, -0.1) is 0 Å². The third-order valence-electron chi connectivity index (χ3n) is 3.21. The Morgan fingerprint density at radius 1 is 1.17 bits per heavy atom. The fourth-order valence-electron chi connectivity index (χ4n) is 1.98. The van der Waals surface area contributed by atoms with Crippen molar-refractivity contribution in [3.05, 3.63) is 54.0 Å². The highest BCUT2D eigenvalue weighted by atomic mass is 16.5. The van der Waals surface area contributed by atoms with Crippen LogP contribution in [-0.2, 0) is 16.1 Å². The van der Waals surface area contributed by atoms with Gasteiger partial charge in [0.25, 0.3) is 5.91 Å². The third kappa shape index (κ3) is 5.77. The highest BCUT2D eigenvalue weighted by Gasteiger charge is 2.07. The number of rotatable bonds is 9. The number of furan rings is 1. The molecule has 2 rings (SSSR count). The van der Waals surface area contributed by atoms with Gasteiger partial charge in [0, 0.05) is 24.9 Å². The maximum atomic E-state index is 12.0. The number of nitrogens with one attached hydrogen (secondary N) is 3. The second kappa shape index (κ2) is 9.36. The van der Waals surface area contributed by atoms with Gasteiger partial charge in [-0.2, -0.15) is 0 Å². The van der Waals surface area contributed by atoms with Gasteiger partial charge in [0.2, 0.25) is 5.91 Å². The van der Waals surface area contributed by atoms with Crippen LogP contribution in [0.25, 0.3) is 0 Å². The van der Waals surface area contributed by atoms with Crippen LogP contribution >= 0.6 is 0 Å². The summed E-state index contributed by atoms with van der Waals surface area (Å²) < 4.78 is 10.0. The molecule has 24 heavy (non-hydrogen) atoms. The predicted octanol–water partition coefficient (Wildman–Crippen LogP) is 1.38. The van der Waals surface area contributed by atoms with Gasteiger partial charge >= 0.3 is 0 Å². The number of hydrogen-bond donors (Lipinski definition) is 3. The lowest BCUT2D eigenvalue weighted by molar-refractivity contribution is -0.119. The van der Waals surface area contributed by atoms with Crippen molar-refractivity contribution in [2.45, 2.75) is 6.54 Å². The average Bonchev–Trinajstić information content (AvgIpc) is 3.12. The van der Waals surface area contributed by atoms with E-state index < -0.39 is 0 Å². The molecule has 128 valence electrons. The van der Waals surface area contributed by atoms with Crippen molar-refractivity contribution < 1.29 is 18.7 Å². The first kappa shape index (κ1) is 17.6. The molecule has 0 unspecified atom stereocenters. The van der Waals surface area contributed by atoms with Crippen LogP contribution in [0.1, 0.15) is 16.1 Å². The Labute approximate surface area is 140 Å². The van der Waals surface area contributed by atoms with Crippen molar-refractivity contribution in [2.24, 2.45) is 0 Å². The fourth-order valence-corrected chi connectivity index (χ4v) is 1.98. The van der Waals surface area contributed by atoms with Crippen molar-refractivity contribution >= 4 is 17.5 Å². The summed E-state index contributed by atoms with van der Waals surface area (Å²) >= 11 is 0. The lowest BCUT2D eigenvalue weighted by Gasteiger charge is -2.09. The zero-order chi connectivity index (χ0) is 17.2. The molecule has 0 bridgehead atoms. The summed E-state index contributed by atoms with van der Waals surface area (Å²) in [4.78, 5) is 23.8. The van der Waals surface area contributed by atoms with Crippen LogP contribution in [0.3, 0.4) is 0 Å². The van der Waals surface area contributed by atoms with Gasteiger partial charge in [-0.1, -0.05) is 6.07 Å². The molecule has 3 N–H and O–H groups in total. The smallest absolute Gasteiger partial charge is 0.251 e. The van der Waals surface area contributed by atoms with E-state index in [0.29, 0.717) is 36.7 Å². The third-order valence-corrected chi connectivity index (χ3v) is 3.21. The monoisotopic (exact) mass is 331 g/mol. The number of ether oxygens (including phenoxy) is 1. The Kier molecular flexibility index (Phi) is 6.85. The van der Waals surface area contributed by atoms with E-state index in [-0.39, 0.29) is 18.4 Å². The van der Waals surface area contributed by atoms with Gasteiger partial charge in [-0.25, -0.2) is 0 Å². The molecule has 0 aliphatic heterocycles. The van der Waals surface area contributed by atoms with Crippen LogP contribution in [0.4, 0.5) is 5.69 Å². The molecule has 0 radical (unpaired) electrons. The van der Waals surface area contributed by atoms with Crippen molar-refractivity contribution in [3.8, 4) is 0 Å². The SMILES string of the molecule is COCCNC(=O)c1cccc(NCC(=O)NCc2ccco2)c1. The second-order valence-corrected chi connectivity index (χ2v) is 5.04. The quantitative estimate of drug-likeness (QED) is 0.604. The minimum absolute atomic E-state index is 0.107. The molecule has 7 heteroatoms. The summed E-state index contributed by atoms with van der Waals surface area (Å²) in [5.41, 5.74) is 1.22. The summed E-state index contributed by atoms with van der Waals surface area (Å²) in [5, 5.41) is 8.47. The Morgan fingerprint density at radius 3 is 2.79 bits per heavy atom. The number of benzene rings is 1. The van der Waals surface area contributed by atoms with Crippen molar-refractivity contribution in [1.82, 2.24) is 10.6 Å². The molecule has 2 aromatic rings. The molecule has 1 aromatic heterocycles. The lowest BCUT2D eigenvalue weighted by Crippen LogP contribution is -2.29. The van der Waals surface area contributed by atoms with Gasteiger partial charge in [0.05, 0.1) is 26.0 Å². The van der Waals surface area contributed by atoms with Crippen LogP contribution in [0.2, 0.25) is 0 Å². The minimum atomic E-state index is -0.182. The second-order valence-electron chi connectivity index (χ2n) is 5.04. The largest absolute Gasteiger partial charge is 0.467 e. The molecule has 1 heterocycles. The van der Waals surface area contributed by atoms with Gasteiger partial charge in [0.1, 0.15) is 5.76 Å². The number of amides is 2. The fraction of sp³-hybridized carbons (Fsp3) is 0.294. The van der Waals surface area contributed by atoms with Gasteiger partial charge < -0.3 is 25.1 Å². The molecule has 1 aromatic carbocycles. The maximum absolute atomic E-state index is 12.0. The molecule has 2 amide bonds. The highest BCUT2D eigenvalue weighted by Crippen LogP contribution is 2.10. The van der Waals surface area contributed by atoms with Gasteiger partial charge in [0.15, 0.2) is 0 Å². The zero-order valence-electron chi connectivity index (χ0n) is 13.5. The standard InChI is InChI=1S/C17H21N3O4/c1-23-9-7-18-17(22)13-4-2-5-14(10-13)19-12-16(21)20-11-15-6-3-8-24-15/h2-6,8,10,19H,7,9,11-12H2,1H3,(H,18,22)(H,20,21). The summed E-state index contributed by atoms with van der Waals surface area (Å²) in [6, 6.07) is 10.5. The zero-order valence-corrected chi connectivity index (χ0v) is 13.5. The van der Waals surface area contributed by atoms with Crippen LogP contribution < -0.4 is 16.0 Å².